The molecular weight excluding hydrogens is 793 g/mol. The molecule has 1 aliphatic carbocycles. The summed E-state index contributed by atoms with van der Waals surface area (Å²) < 4.78 is 2.66. The number of anilines is 6. The summed E-state index contributed by atoms with van der Waals surface area (Å²) in [5.41, 5.74) is 16.9. The SMILES string of the molecule is CC1(C)c2ccccc2-c2ccc(N(c3ccc(-c4ccc(N(c5ccccc5)c5ccc6ccccc6c5)cc4)cc3)c3ccc(-c4cccc5c4sc4ccccc45)cc3)cc21. The Morgan fingerprint density at radius 1 is 0.328 bits per heavy atom. The molecule has 2 nitrogen and oxygen atoms in total. The zero-order valence-corrected chi connectivity index (χ0v) is 36.6. The zero-order chi connectivity index (χ0) is 42.8. The van der Waals surface area contributed by atoms with E-state index in [-0.39, 0.29) is 5.41 Å². The van der Waals surface area contributed by atoms with Crippen LogP contribution in [0.1, 0.15) is 25.0 Å². The van der Waals surface area contributed by atoms with Crippen molar-refractivity contribution in [1.29, 1.82) is 0 Å². The van der Waals surface area contributed by atoms with Crippen molar-refractivity contribution < 1.29 is 0 Å². The van der Waals surface area contributed by atoms with Crippen molar-refractivity contribution in [3.63, 3.8) is 0 Å². The molecule has 0 aliphatic heterocycles. The van der Waals surface area contributed by atoms with Gasteiger partial charge in [0.2, 0.25) is 0 Å². The van der Waals surface area contributed by atoms with Crippen LogP contribution in [0.25, 0.3) is 64.3 Å². The number of fused-ring (bicyclic) bond motifs is 7. The first-order valence-corrected chi connectivity index (χ1v) is 22.9. The lowest BCUT2D eigenvalue weighted by atomic mass is 9.82. The fourth-order valence-corrected chi connectivity index (χ4v) is 11.2. The minimum absolute atomic E-state index is 0.110. The van der Waals surface area contributed by atoms with E-state index in [1.54, 1.807) is 0 Å². The molecule has 10 aromatic carbocycles. The predicted molar refractivity (Wildman–Crippen MR) is 275 cm³/mol. The predicted octanol–water partition coefficient (Wildman–Crippen LogP) is 17.8. The lowest BCUT2D eigenvalue weighted by Gasteiger charge is -2.28. The summed E-state index contributed by atoms with van der Waals surface area (Å²) in [6.07, 6.45) is 0. The molecule has 0 atom stereocenters. The highest BCUT2D eigenvalue weighted by molar-refractivity contribution is 7.26. The van der Waals surface area contributed by atoms with Crippen molar-refractivity contribution in [2.45, 2.75) is 19.3 Å². The van der Waals surface area contributed by atoms with Gasteiger partial charge in [0.25, 0.3) is 0 Å². The molecule has 0 spiro atoms. The van der Waals surface area contributed by atoms with Gasteiger partial charge in [-0.05, 0) is 134 Å². The molecule has 12 rings (SSSR count). The summed E-state index contributed by atoms with van der Waals surface area (Å²) in [5.74, 6) is 0. The molecule has 0 amide bonds. The van der Waals surface area contributed by atoms with Gasteiger partial charge < -0.3 is 9.80 Å². The monoisotopic (exact) mass is 836 g/mol. The summed E-state index contributed by atoms with van der Waals surface area (Å²) >= 11 is 1.88. The van der Waals surface area contributed by atoms with E-state index in [1.165, 1.54) is 75.5 Å². The normalized spacial score (nSPS) is 12.7. The largest absolute Gasteiger partial charge is 0.310 e. The maximum atomic E-state index is 2.42. The first-order chi connectivity index (χ1) is 31.5. The first-order valence-electron chi connectivity index (χ1n) is 22.1. The molecule has 0 radical (unpaired) electrons. The van der Waals surface area contributed by atoms with Crippen molar-refractivity contribution in [2.75, 3.05) is 9.80 Å². The summed E-state index contributed by atoms with van der Waals surface area (Å²) in [6, 6.07) is 84.5. The van der Waals surface area contributed by atoms with Gasteiger partial charge >= 0.3 is 0 Å². The topological polar surface area (TPSA) is 6.48 Å². The Labute approximate surface area is 378 Å². The number of hydrogen-bond acceptors (Lipinski definition) is 3. The van der Waals surface area contributed by atoms with Gasteiger partial charge in [-0.2, -0.15) is 0 Å². The van der Waals surface area contributed by atoms with E-state index in [0.717, 1.165) is 34.1 Å². The van der Waals surface area contributed by atoms with Crippen LogP contribution in [0.5, 0.6) is 0 Å². The number of benzene rings is 10. The van der Waals surface area contributed by atoms with E-state index in [4.69, 9.17) is 0 Å². The molecule has 3 heteroatoms. The highest BCUT2D eigenvalue weighted by atomic mass is 32.1. The van der Waals surface area contributed by atoms with Crippen LogP contribution in [0.3, 0.4) is 0 Å². The summed E-state index contributed by atoms with van der Waals surface area (Å²) in [4.78, 5) is 4.75. The summed E-state index contributed by atoms with van der Waals surface area (Å²) in [6.45, 7) is 4.71. The van der Waals surface area contributed by atoms with Crippen LogP contribution in [0.4, 0.5) is 34.1 Å². The second-order valence-corrected chi connectivity index (χ2v) is 18.4. The average Bonchev–Trinajstić information content (AvgIpc) is 3.84. The van der Waals surface area contributed by atoms with Gasteiger partial charge in [-0.25, -0.2) is 0 Å². The Morgan fingerprint density at radius 2 is 0.828 bits per heavy atom. The van der Waals surface area contributed by atoms with Crippen LogP contribution in [0.15, 0.2) is 231 Å². The minimum atomic E-state index is -0.110. The van der Waals surface area contributed by atoms with Crippen LogP contribution in [-0.2, 0) is 5.41 Å². The first kappa shape index (κ1) is 38.0. The molecule has 1 heterocycles. The van der Waals surface area contributed by atoms with E-state index in [1.807, 2.05) is 11.3 Å². The number of nitrogens with zero attached hydrogens (tertiary/aromatic N) is 2. The Balaban J connectivity index is 0.911. The third-order valence-corrected chi connectivity index (χ3v) is 14.5. The highest BCUT2D eigenvalue weighted by Gasteiger charge is 2.35. The van der Waals surface area contributed by atoms with Crippen LogP contribution in [0, 0.1) is 0 Å². The van der Waals surface area contributed by atoms with Crippen LogP contribution in [-0.4, -0.2) is 0 Å². The van der Waals surface area contributed by atoms with Crippen molar-refractivity contribution in [2.24, 2.45) is 0 Å². The molecule has 0 bridgehead atoms. The summed E-state index contributed by atoms with van der Waals surface area (Å²) in [7, 11) is 0. The zero-order valence-electron chi connectivity index (χ0n) is 35.7. The second-order valence-electron chi connectivity index (χ2n) is 17.4. The molecule has 1 aliphatic rings. The number of thiophene rings is 1. The van der Waals surface area contributed by atoms with Gasteiger partial charge in [0.1, 0.15) is 0 Å². The van der Waals surface area contributed by atoms with Crippen molar-refractivity contribution in [1.82, 2.24) is 0 Å². The molecule has 0 N–H and O–H groups in total. The Bertz CT molecular complexity index is 3510. The molecule has 0 fully saturated rings. The summed E-state index contributed by atoms with van der Waals surface area (Å²) in [5, 5.41) is 5.10. The van der Waals surface area contributed by atoms with Gasteiger partial charge in [0.05, 0.1) is 0 Å². The van der Waals surface area contributed by atoms with Crippen molar-refractivity contribution in [3.05, 3.63) is 242 Å². The molecule has 0 saturated heterocycles. The maximum Gasteiger partial charge on any atom is 0.0468 e. The third kappa shape index (κ3) is 6.39. The molecular formula is C61H44N2S. The van der Waals surface area contributed by atoms with Gasteiger partial charge in [-0.3, -0.25) is 0 Å². The maximum absolute atomic E-state index is 2.42. The number of para-hydroxylation sites is 1. The Hall–Kier alpha value is -7.72. The fourth-order valence-electron chi connectivity index (χ4n) is 9.99. The second kappa shape index (κ2) is 15.3. The third-order valence-electron chi connectivity index (χ3n) is 13.3. The number of rotatable bonds is 8. The number of hydrogen-bond donors (Lipinski definition) is 0. The van der Waals surface area contributed by atoms with Gasteiger partial charge in [0, 0.05) is 59.7 Å². The van der Waals surface area contributed by atoms with Crippen molar-refractivity contribution in [3.8, 4) is 33.4 Å². The van der Waals surface area contributed by atoms with E-state index >= 15 is 0 Å². The lowest BCUT2D eigenvalue weighted by molar-refractivity contribution is 0.660. The minimum Gasteiger partial charge on any atom is -0.310 e. The average molecular weight is 837 g/mol. The van der Waals surface area contributed by atoms with Crippen LogP contribution in [0.2, 0.25) is 0 Å². The molecule has 0 unspecified atom stereocenters. The van der Waals surface area contributed by atoms with Crippen molar-refractivity contribution >= 4 is 76.4 Å². The van der Waals surface area contributed by atoms with E-state index in [0.29, 0.717) is 0 Å². The Kier molecular flexibility index (Phi) is 9.06. The van der Waals surface area contributed by atoms with E-state index in [2.05, 4.69) is 254 Å². The quantitative estimate of drug-likeness (QED) is 0.150. The smallest absolute Gasteiger partial charge is 0.0468 e. The molecule has 1 aromatic heterocycles. The molecule has 64 heavy (non-hydrogen) atoms. The van der Waals surface area contributed by atoms with Crippen LogP contribution >= 0.6 is 11.3 Å². The van der Waals surface area contributed by atoms with Crippen LogP contribution < -0.4 is 9.80 Å². The fraction of sp³-hybridized carbons (Fsp3) is 0.0492. The highest BCUT2D eigenvalue weighted by Crippen LogP contribution is 2.51. The Morgan fingerprint density at radius 3 is 1.55 bits per heavy atom. The standard InChI is InChI=1S/C61H44N2S/c1-61(2)57-21-10-8-17-53(57)54-38-37-51(40-58(54)61)63(49-34-28-44(29-35-49)52-19-12-20-56-55-18-9-11-22-59(55)64-60(52)56)48-32-25-43(26-33-48)42-23-30-47(31-24-42)62(46-15-4-3-5-16-46)50-36-27-41-13-6-7-14-45(41)39-50/h3-40H,1-2H3. The van der Waals surface area contributed by atoms with E-state index < -0.39 is 0 Å². The van der Waals surface area contributed by atoms with Gasteiger partial charge in [0.15, 0.2) is 0 Å². The molecule has 304 valence electrons. The molecule has 11 aromatic rings. The van der Waals surface area contributed by atoms with Gasteiger partial charge in [-0.1, -0.05) is 166 Å². The molecule has 0 saturated carbocycles. The van der Waals surface area contributed by atoms with E-state index in [9.17, 15) is 0 Å². The lowest BCUT2D eigenvalue weighted by Crippen LogP contribution is -2.16. The van der Waals surface area contributed by atoms with Gasteiger partial charge in [-0.15, -0.1) is 11.3 Å².